The van der Waals surface area contributed by atoms with Crippen LogP contribution in [0.3, 0.4) is 0 Å². The average molecular weight is 373 g/mol. The Bertz CT molecular complexity index is 601. The van der Waals surface area contributed by atoms with Crippen molar-refractivity contribution in [1.29, 1.82) is 0 Å². The standard InChI is InChI=1S/C13H10ClIN2O/c14-9-7-8(5-6-11(9)16)13(18)17-12-4-2-1-3-10(12)15/h1-7H,16H2,(H,17,18). The maximum atomic E-state index is 12.0. The quantitative estimate of drug-likeness (QED) is 0.623. The van der Waals surface area contributed by atoms with E-state index in [1.165, 1.54) is 0 Å². The molecule has 0 aromatic heterocycles. The molecule has 0 saturated heterocycles. The third-order valence-electron chi connectivity index (χ3n) is 2.38. The number of hydrogen-bond acceptors (Lipinski definition) is 2. The molecule has 0 spiro atoms. The molecule has 1 amide bonds. The van der Waals surface area contributed by atoms with Gasteiger partial charge in [-0.05, 0) is 52.9 Å². The fourth-order valence-electron chi connectivity index (χ4n) is 1.43. The Balaban J connectivity index is 2.22. The first kappa shape index (κ1) is 13.2. The minimum atomic E-state index is -0.207. The van der Waals surface area contributed by atoms with Gasteiger partial charge in [-0.15, -0.1) is 0 Å². The SMILES string of the molecule is Nc1ccc(C(=O)Nc2ccccc2I)cc1Cl. The summed E-state index contributed by atoms with van der Waals surface area (Å²) in [5.41, 5.74) is 7.32. The number of para-hydroxylation sites is 1. The van der Waals surface area contributed by atoms with E-state index in [4.69, 9.17) is 17.3 Å². The zero-order valence-corrected chi connectivity index (χ0v) is 12.2. The summed E-state index contributed by atoms with van der Waals surface area (Å²) in [7, 11) is 0. The second-order valence-corrected chi connectivity index (χ2v) is 5.24. The lowest BCUT2D eigenvalue weighted by Gasteiger charge is -2.08. The van der Waals surface area contributed by atoms with E-state index in [2.05, 4.69) is 27.9 Å². The number of carbonyl (C=O) groups excluding carboxylic acids is 1. The number of nitrogens with one attached hydrogen (secondary N) is 1. The average Bonchev–Trinajstić information content (AvgIpc) is 2.35. The molecular formula is C13H10ClIN2O. The number of anilines is 2. The summed E-state index contributed by atoms with van der Waals surface area (Å²) in [5, 5.41) is 3.21. The summed E-state index contributed by atoms with van der Waals surface area (Å²) < 4.78 is 0.977. The molecule has 18 heavy (non-hydrogen) atoms. The van der Waals surface area contributed by atoms with E-state index in [1.54, 1.807) is 18.2 Å². The van der Waals surface area contributed by atoms with Crippen molar-refractivity contribution in [3.63, 3.8) is 0 Å². The van der Waals surface area contributed by atoms with Crippen LogP contribution in [0.4, 0.5) is 11.4 Å². The number of nitrogens with two attached hydrogens (primary N) is 1. The van der Waals surface area contributed by atoms with Crippen molar-refractivity contribution in [3.8, 4) is 0 Å². The second-order valence-electron chi connectivity index (χ2n) is 3.67. The third-order valence-corrected chi connectivity index (χ3v) is 3.65. The van der Waals surface area contributed by atoms with Crippen LogP contribution >= 0.6 is 34.2 Å². The fraction of sp³-hybridized carbons (Fsp3) is 0. The Morgan fingerprint density at radius 1 is 1.22 bits per heavy atom. The topological polar surface area (TPSA) is 55.1 Å². The van der Waals surface area contributed by atoms with Gasteiger partial charge in [0.25, 0.3) is 5.91 Å². The zero-order chi connectivity index (χ0) is 13.1. The Morgan fingerprint density at radius 2 is 1.94 bits per heavy atom. The van der Waals surface area contributed by atoms with Gasteiger partial charge in [-0.3, -0.25) is 4.79 Å². The van der Waals surface area contributed by atoms with E-state index in [9.17, 15) is 4.79 Å². The molecule has 3 N–H and O–H groups in total. The van der Waals surface area contributed by atoms with E-state index in [1.807, 2.05) is 24.3 Å². The van der Waals surface area contributed by atoms with Crippen LogP contribution in [0.2, 0.25) is 5.02 Å². The van der Waals surface area contributed by atoms with E-state index in [-0.39, 0.29) is 5.91 Å². The first-order chi connectivity index (χ1) is 8.58. The maximum Gasteiger partial charge on any atom is 0.255 e. The molecule has 2 aromatic carbocycles. The number of nitrogen functional groups attached to an aromatic ring is 1. The molecular weight excluding hydrogens is 363 g/mol. The predicted octanol–water partition coefficient (Wildman–Crippen LogP) is 3.78. The molecule has 0 radical (unpaired) electrons. The van der Waals surface area contributed by atoms with E-state index in [0.717, 1.165) is 9.26 Å². The normalized spacial score (nSPS) is 10.1. The summed E-state index contributed by atoms with van der Waals surface area (Å²) in [6, 6.07) is 12.4. The summed E-state index contributed by atoms with van der Waals surface area (Å²) in [6.07, 6.45) is 0. The Kier molecular flexibility index (Phi) is 4.08. The number of hydrogen-bond donors (Lipinski definition) is 2. The molecule has 3 nitrogen and oxygen atoms in total. The van der Waals surface area contributed by atoms with Crippen molar-refractivity contribution in [1.82, 2.24) is 0 Å². The molecule has 0 aliphatic carbocycles. The minimum Gasteiger partial charge on any atom is -0.398 e. The van der Waals surface area contributed by atoms with Crippen LogP contribution in [0.15, 0.2) is 42.5 Å². The third kappa shape index (κ3) is 2.94. The second kappa shape index (κ2) is 5.58. The largest absolute Gasteiger partial charge is 0.398 e. The molecule has 0 atom stereocenters. The van der Waals surface area contributed by atoms with Crippen LogP contribution < -0.4 is 11.1 Å². The lowest BCUT2D eigenvalue weighted by atomic mass is 10.2. The highest BCUT2D eigenvalue weighted by Crippen LogP contribution is 2.22. The molecule has 0 aliphatic heterocycles. The summed E-state index contributed by atoms with van der Waals surface area (Å²) >= 11 is 8.05. The number of halogens is 2. The van der Waals surface area contributed by atoms with Gasteiger partial charge in [0.15, 0.2) is 0 Å². The van der Waals surface area contributed by atoms with Crippen LogP contribution in [0.25, 0.3) is 0 Å². The summed E-state index contributed by atoms with van der Waals surface area (Å²) in [4.78, 5) is 12.0. The smallest absolute Gasteiger partial charge is 0.255 e. The van der Waals surface area contributed by atoms with Crippen molar-refractivity contribution in [2.24, 2.45) is 0 Å². The van der Waals surface area contributed by atoms with Gasteiger partial charge >= 0.3 is 0 Å². The van der Waals surface area contributed by atoms with Crippen LogP contribution in [0.5, 0.6) is 0 Å². The molecule has 2 rings (SSSR count). The van der Waals surface area contributed by atoms with Crippen molar-refractivity contribution in [2.45, 2.75) is 0 Å². The van der Waals surface area contributed by atoms with Crippen LogP contribution in [-0.2, 0) is 0 Å². The van der Waals surface area contributed by atoms with Crippen LogP contribution in [0.1, 0.15) is 10.4 Å². The molecule has 0 fully saturated rings. The zero-order valence-electron chi connectivity index (χ0n) is 9.28. The summed E-state index contributed by atoms with van der Waals surface area (Å²) in [5.74, 6) is -0.207. The highest BCUT2D eigenvalue weighted by Gasteiger charge is 2.09. The van der Waals surface area contributed by atoms with Crippen molar-refractivity contribution in [2.75, 3.05) is 11.1 Å². The van der Waals surface area contributed by atoms with Crippen LogP contribution in [-0.4, -0.2) is 5.91 Å². The van der Waals surface area contributed by atoms with Gasteiger partial charge in [-0.1, -0.05) is 23.7 Å². The van der Waals surface area contributed by atoms with Gasteiger partial charge in [0.1, 0.15) is 0 Å². The maximum absolute atomic E-state index is 12.0. The van der Waals surface area contributed by atoms with Gasteiger partial charge in [0.05, 0.1) is 16.4 Å². The molecule has 0 aliphatic rings. The molecule has 0 unspecified atom stereocenters. The van der Waals surface area contributed by atoms with Crippen molar-refractivity contribution in [3.05, 3.63) is 56.6 Å². The number of rotatable bonds is 2. The molecule has 5 heteroatoms. The Labute approximate surface area is 123 Å². The van der Waals surface area contributed by atoms with Crippen LogP contribution in [0, 0.1) is 3.57 Å². The molecule has 0 saturated carbocycles. The highest BCUT2D eigenvalue weighted by atomic mass is 127. The highest BCUT2D eigenvalue weighted by molar-refractivity contribution is 14.1. The molecule has 0 heterocycles. The van der Waals surface area contributed by atoms with Gasteiger partial charge in [-0.25, -0.2) is 0 Å². The Morgan fingerprint density at radius 3 is 2.61 bits per heavy atom. The van der Waals surface area contributed by atoms with Crippen molar-refractivity contribution >= 4 is 51.5 Å². The Hall–Kier alpha value is -1.27. The molecule has 2 aromatic rings. The monoisotopic (exact) mass is 372 g/mol. The summed E-state index contributed by atoms with van der Waals surface area (Å²) in [6.45, 7) is 0. The van der Waals surface area contributed by atoms with E-state index < -0.39 is 0 Å². The number of benzene rings is 2. The predicted molar refractivity (Wildman–Crippen MR) is 83.0 cm³/mol. The molecule has 92 valence electrons. The number of amides is 1. The van der Waals surface area contributed by atoms with Gasteiger partial charge in [0.2, 0.25) is 0 Å². The fourth-order valence-corrected chi connectivity index (χ4v) is 2.13. The van der Waals surface area contributed by atoms with E-state index >= 15 is 0 Å². The van der Waals surface area contributed by atoms with E-state index in [0.29, 0.717) is 16.3 Å². The molecule has 0 bridgehead atoms. The van der Waals surface area contributed by atoms with Gasteiger partial charge in [-0.2, -0.15) is 0 Å². The minimum absolute atomic E-state index is 0.207. The van der Waals surface area contributed by atoms with Crippen molar-refractivity contribution < 1.29 is 4.79 Å². The number of carbonyl (C=O) groups is 1. The van der Waals surface area contributed by atoms with Gasteiger partial charge in [0, 0.05) is 9.13 Å². The van der Waals surface area contributed by atoms with Gasteiger partial charge < -0.3 is 11.1 Å². The first-order valence-electron chi connectivity index (χ1n) is 5.19. The lowest BCUT2D eigenvalue weighted by molar-refractivity contribution is 0.102. The first-order valence-corrected chi connectivity index (χ1v) is 6.64. The lowest BCUT2D eigenvalue weighted by Crippen LogP contribution is -2.12.